The first-order valence-corrected chi connectivity index (χ1v) is 16.9. The molecule has 0 spiro atoms. The number of non-ortho nitro benzene ring substituents is 2. The number of nitrogens with zero attached hydrogens (tertiary/aromatic N) is 4. The van der Waals surface area contributed by atoms with E-state index < -0.39 is 9.85 Å². The highest BCUT2D eigenvalue weighted by Crippen LogP contribution is 2.33. The van der Waals surface area contributed by atoms with Crippen LogP contribution in [-0.2, 0) is 13.1 Å². The van der Waals surface area contributed by atoms with Crippen molar-refractivity contribution in [1.29, 1.82) is 0 Å². The number of aromatic hydroxyl groups is 1. The Morgan fingerprint density at radius 3 is 1.57 bits per heavy atom. The van der Waals surface area contributed by atoms with E-state index in [1.807, 2.05) is 12.1 Å². The molecular formula is C38H46N4O9. The fraction of sp³-hybridized carbons (Fsp3) is 0.368. The van der Waals surface area contributed by atoms with Crippen molar-refractivity contribution in [2.24, 2.45) is 0 Å². The Kier molecular flexibility index (Phi) is 15.0. The van der Waals surface area contributed by atoms with Crippen LogP contribution in [0.4, 0.5) is 11.4 Å². The summed E-state index contributed by atoms with van der Waals surface area (Å²) in [4.78, 5) is 24.9. The quantitative estimate of drug-likeness (QED) is 0.135. The summed E-state index contributed by atoms with van der Waals surface area (Å²) in [6.45, 7) is 5.96. The maximum atomic E-state index is 10.9. The molecule has 13 nitrogen and oxygen atoms in total. The van der Waals surface area contributed by atoms with Crippen LogP contribution in [0.25, 0.3) is 0 Å². The minimum absolute atomic E-state index is 0.00174. The summed E-state index contributed by atoms with van der Waals surface area (Å²) in [5, 5.41) is 39.5. The molecule has 272 valence electrons. The summed E-state index contributed by atoms with van der Waals surface area (Å²) in [5.74, 6) is 0.961. The van der Waals surface area contributed by atoms with Crippen molar-refractivity contribution >= 4 is 11.4 Å². The van der Waals surface area contributed by atoms with Gasteiger partial charge in [0.15, 0.2) is 23.0 Å². The first-order chi connectivity index (χ1) is 24.6. The third-order valence-electron chi connectivity index (χ3n) is 8.62. The zero-order valence-corrected chi connectivity index (χ0v) is 29.0. The van der Waals surface area contributed by atoms with E-state index in [1.165, 1.54) is 49.6 Å². The van der Waals surface area contributed by atoms with E-state index in [0.29, 0.717) is 11.5 Å². The molecule has 2 saturated heterocycles. The topological polar surface area (TPSA) is 161 Å². The number of benzene rings is 4. The van der Waals surface area contributed by atoms with Gasteiger partial charge in [0, 0.05) is 51.4 Å². The third kappa shape index (κ3) is 12.5. The van der Waals surface area contributed by atoms with Crippen LogP contribution in [0.2, 0.25) is 0 Å². The molecule has 2 aliphatic heterocycles. The van der Waals surface area contributed by atoms with Gasteiger partial charge in [0.25, 0.3) is 11.4 Å². The van der Waals surface area contributed by atoms with Crippen molar-refractivity contribution in [3.8, 4) is 23.0 Å². The lowest BCUT2D eigenvalue weighted by Crippen LogP contribution is -2.37. The number of aliphatic hydroxyl groups is 1. The molecule has 2 heterocycles. The van der Waals surface area contributed by atoms with E-state index in [4.69, 9.17) is 14.6 Å². The van der Waals surface area contributed by atoms with Crippen LogP contribution in [0.15, 0.2) is 97.1 Å². The van der Waals surface area contributed by atoms with E-state index in [0.717, 1.165) is 71.0 Å². The Balaban J connectivity index is 0.000000189. The fourth-order valence-corrected chi connectivity index (χ4v) is 5.77. The molecule has 0 bridgehead atoms. The normalized spacial score (nSPS) is 15.4. The van der Waals surface area contributed by atoms with Gasteiger partial charge in [-0.05, 0) is 48.9 Å². The van der Waals surface area contributed by atoms with Crippen molar-refractivity contribution in [3.63, 3.8) is 0 Å². The molecule has 4 aromatic carbocycles. The van der Waals surface area contributed by atoms with E-state index in [9.17, 15) is 25.3 Å². The average molecular weight is 703 g/mol. The number of phenols is 1. The number of phenolic OH excluding ortho intramolecular Hbond substituents is 1. The summed E-state index contributed by atoms with van der Waals surface area (Å²) in [5.41, 5.74) is 2.58. The fourth-order valence-electron chi connectivity index (χ4n) is 5.77. The Morgan fingerprint density at radius 1 is 0.647 bits per heavy atom. The van der Waals surface area contributed by atoms with Gasteiger partial charge in [-0.25, -0.2) is 0 Å². The number of aliphatic hydroxyl groups excluding tert-OH is 1. The number of nitro benzene ring substituents is 2. The van der Waals surface area contributed by atoms with Gasteiger partial charge in [-0.15, -0.1) is 0 Å². The molecule has 0 unspecified atom stereocenters. The van der Waals surface area contributed by atoms with Gasteiger partial charge in [-0.1, -0.05) is 60.7 Å². The minimum Gasteiger partial charge on any atom is -0.504 e. The molecule has 0 saturated carbocycles. The summed E-state index contributed by atoms with van der Waals surface area (Å²) in [6, 6.07) is 29.0. The largest absolute Gasteiger partial charge is 0.504 e. The smallest absolute Gasteiger partial charge is 0.273 e. The number of hydrogen-bond donors (Lipinski definition) is 2. The molecule has 0 radical (unpaired) electrons. The Bertz CT molecular complexity index is 1660. The zero-order chi connectivity index (χ0) is 36.6. The van der Waals surface area contributed by atoms with Gasteiger partial charge in [0.05, 0.1) is 42.3 Å². The van der Waals surface area contributed by atoms with Gasteiger partial charge in [0.1, 0.15) is 6.10 Å². The Hall–Kier alpha value is -5.24. The third-order valence-corrected chi connectivity index (χ3v) is 8.62. The second kappa shape index (κ2) is 19.8. The number of nitro groups is 2. The molecule has 2 aliphatic rings. The molecular weight excluding hydrogens is 656 g/mol. The van der Waals surface area contributed by atoms with Crippen molar-refractivity contribution in [3.05, 3.63) is 128 Å². The Morgan fingerprint density at radius 2 is 1.10 bits per heavy atom. The van der Waals surface area contributed by atoms with Crippen molar-refractivity contribution in [1.82, 2.24) is 9.80 Å². The predicted octanol–water partition coefficient (Wildman–Crippen LogP) is 6.60. The van der Waals surface area contributed by atoms with Crippen LogP contribution < -0.4 is 14.2 Å². The van der Waals surface area contributed by atoms with Crippen molar-refractivity contribution < 1.29 is 34.3 Å². The number of rotatable bonds is 10. The number of ether oxygens (including phenoxy) is 3. The lowest BCUT2D eigenvalue weighted by Gasteiger charge is -2.32. The first-order valence-electron chi connectivity index (χ1n) is 16.9. The molecule has 13 heteroatoms. The SMILES string of the molecule is COc1cc([N+](=O)[O-])ccc1O.COc1cc([N+](=O)[O-])ccc1OC1CCN(Cc2ccccc2)CC1.OC1CCN(Cc2ccccc2)CC1. The molecule has 2 fully saturated rings. The number of likely N-dealkylation sites (tertiary alicyclic amines) is 2. The number of methoxy groups -OCH3 is 2. The second-order valence-corrected chi connectivity index (χ2v) is 12.3. The molecule has 4 aromatic rings. The molecule has 0 amide bonds. The average Bonchev–Trinajstić information content (AvgIpc) is 3.15. The van der Waals surface area contributed by atoms with Gasteiger partial charge in [-0.3, -0.25) is 30.0 Å². The maximum Gasteiger partial charge on any atom is 0.273 e. The van der Waals surface area contributed by atoms with Crippen molar-refractivity contribution in [2.45, 2.75) is 51.0 Å². The maximum absolute atomic E-state index is 10.9. The Labute approximate surface area is 297 Å². The summed E-state index contributed by atoms with van der Waals surface area (Å²) in [7, 11) is 2.83. The molecule has 51 heavy (non-hydrogen) atoms. The van der Waals surface area contributed by atoms with Crippen LogP contribution in [0.3, 0.4) is 0 Å². The van der Waals surface area contributed by atoms with Gasteiger partial charge in [0.2, 0.25) is 0 Å². The van der Waals surface area contributed by atoms with Crippen LogP contribution in [0.5, 0.6) is 23.0 Å². The molecule has 2 N–H and O–H groups in total. The standard InChI is InChI=1S/C19H22N2O4.C12H17NO.C7H7NO4/c1-24-19-13-16(21(22)23)7-8-18(19)25-17-9-11-20(12-10-17)14-15-5-3-2-4-6-15;14-12-6-8-13(9-7-12)10-11-4-2-1-3-5-11;1-12-7-4-5(8(10)11)2-3-6(7)9/h2-8,13,17H,9-12,14H2,1H3;1-5,12,14H,6-10H2;2-4,9H,1H3. The second-order valence-electron chi connectivity index (χ2n) is 12.3. The first kappa shape index (κ1) is 38.6. The number of piperidine rings is 2. The van der Waals surface area contributed by atoms with Crippen molar-refractivity contribution in [2.75, 3.05) is 40.4 Å². The van der Waals surface area contributed by atoms with Crippen LogP contribution in [0, 0.1) is 20.2 Å². The molecule has 0 aliphatic carbocycles. The predicted molar refractivity (Wildman–Crippen MR) is 193 cm³/mol. The zero-order valence-electron chi connectivity index (χ0n) is 29.0. The number of hydrogen-bond acceptors (Lipinski definition) is 11. The monoisotopic (exact) mass is 702 g/mol. The van der Waals surface area contributed by atoms with E-state index in [1.54, 1.807) is 6.07 Å². The van der Waals surface area contributed by atoms with Gasteiger partial charge < -0.3 is 24.4 Å². The van der Waals surface area contributed by atoms with E-state index in [2.05, 4.69) is 63.1 Å². The van der Waals surface area contributed by atoms with Crippen LogP contribution in [-0.4, -0.2) is 82.5 Å². The van der Waals surface area contributed by atoms with Crippen LogP contribution >= 0.6 is 0 Å². The highest BCUT2D eigenvalue weighted by Gasteiger charge is 2.23. The molecule has 0 aromatic heterocycles. The molecule has 0 atom stereocenters. The van der Waals surface area contributed by atoms with Crippen LogP contribution in [0.1, 0.15) is 36.8 Å². The van der Waals surface area contributed by atoms with Gasteiger partial charge in [-0.2, -0.15) is 0 Å². The summed E-state index contributed by atoms with van der Waals surface area (Å²) >= 11 is 0. The van der Waals surface area contributed by atoms with E-state index in [-0.39, 0.29) is 35.1 Å². The highest BCUT2D eigenvalue weighted by atomic mass is 16.6. The molecule has 6 rings (SSSR count). The van der Waals surface area contributed by atoms with Gasteiger partial charge >= 0.3 is 0 Å². The highest BCUT2D eigenvalue weighted by molar-refractivity contribution is 5.49. The summed E-state index contributed by atoms with van der Waals surface area (Å²) in [6.07, 6.45) is 3.73. The van der Waals surface area contributed by atoms with E-state index >= 15 is 0 Å². The minimum atomic E-state index is -0.554. The lowest BCUT2D eigenvalue weighted by molar-refractivity contribution is -0.385. The summed E-state index contributed by atoms with van der Waals surface area (Å²) < 4.78 is 16.0. The lowest BCUT2D eigenvalue weighted by atomic mass is 10.1.